The van der Waals surface area contributed by atoms with Crippen molar-refractivity contribution in [3.63, 3.8) is 0 Å². The Morgan fingerprint density at radius 1 is 0.628 bits per heavy atom. The van der Waals surface area contributed by atoms with Crippen LogP contribution in [0.5, 0.6) is 0 Å². The van der Waals surface area contributed by atoms with Gasteiger partial charge in [0.25, 0.3) is 0 Å². The zero-order valence-electron chi connectivity index (χ0n) is 24.7. The van der Waals surface area contributed by atoms with E-state index >= 15 is 0 Å². The molecule has 0 aliphatic carbocycles. The fraction of sp³-hybridized carbons (Fsp3) is 0.750. The fourth-order valence-corrected chi connectivity index (χ4v) is 2.04. The van der Waals surface area contributed by atoms with Gasteiger partial charge < -0.3 is 47.8 Å². The number of carboxylic acids is 1. The molecule has 0 aromatic heterocycles. The van der Waals surface area contributed by atoms with Gasteiger partial charge in [0, 0.05) is 35.0 Å². The molecule has 1 aliphatic rings. The third-order valence-corrected chi connectivity index (χ3v) is 4.37. The Morgan fingerprint density at radius 3 is 1.23 bits per heavy atom. The van der Waals surface area contributed by atoms with Crippen molar-refractivity contribution in [1.29, 1.82) is 0 Å². The van der Waals surface area contributed by atoms with Gasteiger partial charge in [0.15, 0.2) is 0 Å². The van der Waals surface area contributed by atoms with Crippen LogP contribution in [0.15, 0.2) is 0 Å². The van der Waals surface area contributed by atoms with Gasteiger partial charge in [-0.2, -0.15) is 0 Å². The number of aliphatic carboxylic acids is 1. The summed E-state index contributed by atoms with van der Waals surface area (Å²) in [6.45, 7) is 6.04. The van der Waals surface area contributed by atoms with E-state index in [0.717, 1.165) is 12.8 Å². The third-order valence-electron chi connectivity index (χ3n) is 3.67. The van der Waals surface area contributed by atoms with Crippen LogP contribution in [0.4, 0.5) is 0 Å². The van der Waals surface area contributed by atoms with Crippen molar-refractivity contribution < 1.29 is 76.6 Å². The summed E-state index contributed by atoms with van der Waals surface area (Å²) < 4.78 is 31.7. The van der Waals surface area contributed by atoms with Gasteiger partial charge in [-0.05, 0) is 12.8 Å². The number of hydrogen-bond donors (Lipinski definition) is 3. The summed E-state index contributed by atoms with van der Waals surface area (Å²) in [5, 5.41) is 24.0. The summed E-state index contributed by atoms with van der Waals surface area (Å²) in [5.74, 6) is -3.09. The van der Waals surface area contributed by atoms with E-state index in [1.54, 1.807) is 0 Å². The van der Waals surface area contributed by atoms with Gasteiger partial charge in [-0.1, -0.05) is 13.8 Å². The Kier molecular flexibility index (Phi) is 44.8. The molecule has 0 saturated carbocycles. The molecular weight excluding hydrogens is 637 g/mol. The van der Waals surface area contributed by atoms with E-state index in [-0.39, 0.29) is 64.3 Å². The van der Waals surface area contributed by atoms with Gasteiger partial charge >= 0.3 is 35.8 Å². The maximum absolute atomic E-state index is 11.0. The van der Waals surface area contributed by atoms with Crippen LogP contribution < -0.4 is 0 Å². The number of aliphatic hydroxyl groups is 2. The molecule has 19 heteroatoms. The number of ether oxygens (including phenoxy) is 4. The molecule has 0 aromatic rings. The predicted octanol–water partition coefficient (Wildman–Crippen LogP) is 1.29. The lowest BCUT2D eigenvalue weighted by molar-refractivity contribution is -0.152. The summed E-state index contributed by atoms with van der Waals surface area (Å²) in [6.07, 6.45) is 2.02. The lowest BCUT2D eigenvalue weighted by Gasteiger charge is -2.04. The van der Waals surface area contributed by atoms with Crippen LogP contribution in [-0.4, -0.2) is 104 Å². The minimum absolute atomic E-state index is 0.0550. The number of esters is 5. The standard InChI is InChI=1S/C9H17O5P.C6H11O5P.C4H4O3.C3H8O.C2H7O2P/c1-2-5-12-8(10)3-4-9(11)13-6-7-14-15;7-5(8)1-2-6(9)10-3-4-11-12;5-3-1-2-4(6)7-3;1-2-3-4;3-1-2-4-5/h2-7,15H2,1H3;1-4,12H2,(H,7,8);1-2H2;4H,2-3H2,1H3;3H,1-2,5H2. The Labute approximate surface area is 259 Å². The molecule has 1 heterocycles. The monoisotopic (exact) mass is 684 g/mol. The Bertz CT molecular complexity index is 707. The van der Waals surface area contributed by atoms with Crippen LogP contribution >= 0.6 is 28.4 Å². The lowest BCUT2D eigenvalue weighted by Crippen LogP contribution is -2.12. The average molecular weight is 685 g/mol. The lowest BCUT2D eigenvalue weighted by atomic mass is 10.3. The Balaban J connectivity index is -0.000000240. The quantitative estimate of drug-likeness (QED) is 0.0645. The van der Waals surface area contributed by atoms with Crippen molar-refractivity contribution in [3.05, 3.63) is 0 Å². The second kappa shape index (κ2) is 40.1. The van der Waals surface area contributed by atoms with Crippen molar-refractivity contribution in [2.75, 3.05) is 52.9 Å². The van der Waals surface area contributed by atoms with Crippen molar-refractivity contribution in [2.24, 2.45) is 0 Å². The molecule has 3 N–H and O–H groups in total. The highest BCUT2D eigenvalue weighted by molar-refractivity contribution is 7.10. The normalized spacial score (nSPS) is 11.0. The molecule has 0 radical (unpaired) electrons. The van der Waals surface area contributed by atoms with E-state index in [2.05, 4.69) is 32.5 Å². The van der Waals surface area contributed by atoms with Gasteiger partial charge in [-0.25, -0.2) is 0 Å². The first-order chi connectivity index (χ1) is 20.5. The van der Waals surface area contributed by atoms with Crippen LogP contribution in [0.3, 0.4) is 0 Å². The zero-order valence-corrected chi connectivity index (χ0v) is 28.2. The SMILES string of the molecule is CCCO.CCCOC(=O)CCC(=O)OCCOP.O=C(O)CCC(=O)OCCOP.O=C1CCC(=O)O1.OCCOP. The first-order valence-corrected chi connectivity index (χ1v) is 14.5. The zero-order chi connectivity index (χ0) is 33.7. The molecule has 1 rings (SSSR count). The molecule has 0 amide bonds. The minimum atomic E-state index is -1.01. The molecule has 3 unspecified atom stereocenters. The van der Waals surface area contributed by atoms with E-state index < -0.39 is 29.8 Å². The first-order valence-electron chi connectivity index (χ1n) is 13.1. The van der Waals surface area contributed by atoms with Crippen LogP contribution in [0.2, 0.25) is 0 Å². The molecule has 0 spiro atoms. The van der Waals surface area contributed by atoms with Crippen molar-refractivity contribution in [3.8, 4) is 0 Å². The van der Waals surface area contributed by atoms with Crippen LogP contribution in [-0.2, 0) is 61.3 Å². The van der Waals surface area contributed by atoms with Gasteiger partial charge in [0.1, 0.15) is 13.2 Å². The van der Waals surface area contributed by atoms with E-state index in [4.69, 9.17) is 24.8 Å². The van der Waals surface area contributed by atoms with Crippen molar-refractivity contribution in [1.82, 2.24) is 0 Å². The summed E-state index contributed by atoms with van der Waals surface area (Å²) >= 11 is 0. The topological polar surface area (TPSA) is 228 Å². The van der Waals surface area contributed by atoms with E-state index in [0.29, 0.717) is 33.0 Å². The van der Waals surface area contributed by atoms with Gasteiger partial charge in [-0.3, -0.25) is 28.8 Å². The number of rotatable bonds is 17. The number of carboxylic acid groups (broad SMARTS) is 1. The average Bonchev–Trinajstić information content (AvgIpc) is 3.37. The summed E-state index contributed by atoms with van der Waals surface area (Å²) in [5.41, 5.74) is 0. The van der Waals surface area contributed by atoms with Gasteiger partial charge in [0.2, 0.25) is 0 Å². The Hall–Kier alpha value is -1.89. The molecule has 16 nitrogen and oxygen atoms in total. The minimum Gasteiger partial charge on any atom is -0.481 e. The van der Waals surface area contributed by atoms with Crippen LogP contribution in [0, 0.1) is 0 Å². The summed E-state index contributed by atoms with van der Waals surface area (Å²) in [7, 11) is 6.12. The van der Waals surface area contributed by atoms with Gasteiger partial charge in [0.05, 0.1) is 71.6 Å². The van der Waals surface area contributed by atoms with Crippen LogP contribution in [0.25, 0.3) is 0 Å². The smallest absolute Gasteiger partial charge is 0.314 e. The molecule has 43 heavy (non-hydrogen) atoms. The second-order valence-corrected chi connectivity index (χ2v) is 8.46. The molecule has 1 fully saturated rings. The third kappa shape index (κ3) is 50.1. The highest BCUT2D eigenvalue weighted by Crippen LogP contribution is 2.04. The summed E-state index contributed by atoms with van der Waals surface area (Å²) in [6, 6.07) is 0. The summed E-state index contributed by atoms with van der Waals surface area (Å²) in [4.78, 5) is 62.7. The fourth-order valence-electron chi connectivity index (χ4n) is 1.74. The van der Waals surface area contributed by atoms with Gasteiger partial charge in [-0.15, -0.1) is 0 Å². The highest BCUT2D eigenvalue weighted by atomic mass is 31.0. The van der Waals surface area contributed by atoms with Crippen molar-refractivity contribution in [2.45, 2.75) is 65.2 Å². The predicted molar refractivity (Wildman–Crippen MR) is 161 cm³/mol. The first kappa shape index (κ1) is 48.0. The number of carbonyl (C=O) groups is 6. The number of aliphatic hydroxyl groups excluding tert-OH is 2. The molecule has 0 bridgehead atoms. The van der Waals surface area contributed by atoms with Crippen LogP contribution in [0.1, 0.15) is 65.2 Å². The van der Waals surface area contributed by atoms with E-state index in [1.807, 2.05) is 32.8 Å². The second-order valence-electron chi connectivity index (χ2n) is 7.46. The largest absolute Gasteiger partial charge is 0.481 e. The maximum Gasteiger partial charge on any atom is 0.314 e. The molecule has 254 valence electrons. The number of carbonyl (C=O) groups excluding carboxylic acids is 5. The molecule has 3 atom stereocenters. The molecular formula is C24H47O16P3. The molecule has 1 aliphatic heterocycles. The molecule has 0 aromatic carbocycles. The highest BCUT2D eigenvalue weighted by Gasteiger charge is 2.19. The van der Waals surface area contributed by atoms with Crippen molar-refractivity contribution >= 4 is 64.2 Å². The van der Waals surface area contributed by atoms with E-state index in [9.17, 15) is 28.8 Å². The molecule has 1 saturated heterocycles. The number of cyclic esters (lactones) is 2. The maximum atomic E-state index is 11.0. The number of hydrogen-bond acceptors (Lipinski definition) is 15. The Morgan fingerprint density at radius 2 is 1.00 bits per heavy atom. The van der Waals surface area contributed by atoms with E-state index in [1.165, 1.54) is 0 Å².